The van der Waals surface area contributed by atoms with Gasteiger partial charge < -0.3 is 24.3 Å². The summed E-state index contributed by atoms with van der Waals surface area (Å²) in [5.74, 6) is 3.09. The molecule has 33 heavy (non-hydrogen) atoms. The van der Waals surface area contributed by atoms with Crippen molar-refractivity contribution in [1.29, 1.82) is 0 Å². The summed E-state index contributed by atoms with van der Waals surface area (Å²) in [6, 6.07) is 18.6. The standard InChI is InChI=1S/C28H33NO4/c1-5-31-26-15-21-12-13-29-28(23(21)17-27(26)32-6-2)22-16-24(30-4)25(14-19(22)3)33-18-20-10-8-7-9-11-20/h7-11,14-17,28-29H,5-6,12-13,18H2,1-4H3. The minimum absolute atomic E-state index is 0.0423. The van der Waals surface area contributed by atoms with Crippen molar-refractivity contribution in [3.05, 3.63) is 82.4 Å². The lowest BCUT2D eigenvalue weighted by molar-refractivity contribution is 0.283. The highest BCUT2D eigenvalue weighted by Gasteiger charge is 2.26. The fourth-order valence-electron chi connectivity index (χ4n) is 4.37. The average molecular weight is 448 g/mol. The van der Waals surface area contributed by atoms with Gasteiger partial charge in [0.25, 0.3) is 0 Å². The Kier molecular flexibility index (Phi) is 7.40. The van der Waals surface area contributed by atoms with E-state index in [4.69, 9.17) is 18.9 Å². The van der Waals surface area contributed by atoms with E-state index in [1.807, 2.05) is 32.0 Å². The van der Waals surface area contributed by atoms with Crippen LogP contribution in [0, 0.1) is 6.92 Å². The summed E-state index contributed by atoms with van der Waals surface area (Å²) in [7, 11) is 1.69. The number of nitrogens with one attached hydrogen (secondary N) is 1. The van der Waals surface area contributed by atoms with Gasteiger partial charge in [-0.25, -0.2) is 0 Å². The Balaban J connectivity index is 1.67. The Morgan fingerprint density at radius 2 is 1.48 bits per heavy atom. The maximum absolute atomic E-state index is 6.12. The molecule has 174 valence electrons. The van der Waals surface area contributed by atoms with Crippen molar-refractivity contribution < 1.29 is 18.9 Å². The van der Waals surface area contributed by atoms with Crippen LogP contribution < -0.4 is 24.3 Å². The van der Waals surface area contributed by atoms with E-state index in [9.17, 15) is 0 Å². The molecule has 0 amide bonds. The number of hydrogen-bond acceptors (Lipinski definition) is 5. The third-order valence-corrected chi connectivity index (χ3v) is 5.96. The Bertz CT molecular complexity index is 1080. The number of hydrogen-bond donors (Lipinski definition) is 1. The van der Waals surface area contributed by atoms with Crippen LogP contribution >= 0.6 is 0 Å². The SMILES string of the molecule is CCOc1cc2c(cc1OCC)C(c1cc(OC)c(OCc3ccccc3)cc1C)NCC2. The van der Waals surface area contributed by atoms with Crippen molar-refractivity contribution in [1.82, 2.24) is 5.32 Å². The molecule has 1 aliphatic heterocycles. The Hall–Kier alpha value is -3.18. The molecule has 3 aromatic rings. The second-order valence-corrected chi connectivity index (χ2v) is 8.13. The van der Waals surface area contributed by atoms with Gasteiger partial charge in [0.2, 0.25) is 0 Å². The first kappa shape index (κ1) is 23.0. The van der Waals surface area contributed by atoms with Crippen molar-refractivity contribution in [3.8, 4) is 23.0 Å². The van der Waals surface area contributed by atoms with Crippen molar-refractivity contribution in [2.45, 2.75) is 39.8 Å². The molecule has 0 spiro atoms. The van der Waals surface area contributed by atoms with Crippen molar-refractivity contribution >= 4 is 0 Å². The van der Waals surface area contributed by atoms with E-state index in [1.54, 1.807) is 7.11 Å². The number of aryl methyl sites for hydroxylation is 1. The van der Waals surface area contributed by atoms with Crippen LogP contribution in [0.4, 0.5) is 0 Å². The average Bonchev–Trinajstić information content (AvgIpc) is 2.84. The molecule has 0 aromatic heterocycles. The molecule has 0 aliphatic carbocycles. The number of methoxy groups -OCH3 is 1. The van der Waals surface area contributed by atoms with Crippen LogP contribution in [0.3, 0.4) is 0 Å². The number of fused-ring (bicyclic) bond motifs is 1. The van der Waals surface area contributed by atoms with Crippen LogP contribution in [-0.4, -0.2) is 26.9 Å². The molecule has 1 atom stereocenters. The molecule has 0 bridgehead atoms. The monoisotopic (exact) mass is 447 g/mol. The maximum Gasteiger partial charge on any atom is 0.161 e. The molecule has 1 heterocycles. The first-order valence-electron chi connectivity index (χ1n) is 11.7. The lowest BCUT2D eigenvalue weighted by atomic mass is 9.87. The topological polar surface area (TPSA) is 49.0 Å². The maximum atomic E-state index is 6.12. The Morgan fingerprint density at radius 3 is 2.18 bits per heavy atom. The van der Waals surface area contributed by atoms with E-state index >= 15 is 0 Å². The predicted molar refractivity (Wildman–Crippen MR) is 131 cm³/mol. The summed E-state index contributed by atoms with van der Waals surface area (Å²) < 4.78 is 23.6. The Morgan fingerprint density at radius 1 is 0.818 bits per heavy atom. The first-order chi connectivity index (χ1) is 16.1. The third kappa shape index (κ3) is 5.09. The van der Waals surface area contributed by atoms with Crippen molar-refractivity contribution in [2.24, 2.45) is 0 Å². The lowest BCUT2D eigenvalue weighted by Crippen LogP contribution is -2.31. The first-order valence-corrected chi connectivity index (χ1v) is 11.7. The predicted octanol–water partition coefficient (Wildman–Crippen LogP) is 5.62. The van der Waals surface area contributed by atoms with E-state index in [-0.39, 0.29) is 6.04 Å². The van der Waals surface area contributed by atoms with Gasteiger partial charge in [0.1, 0.15) is 6.61 Å². The Labute approximate surface area is 196 Å². The number of benzene rings is 3. The van der Waals surface area contributed by atoms with Crippen molar-refractivity contribution in [3.63, 3.8) is 0 Å². The largest absolute Gasteiger partial charge is 0.493 e. The highest BCUT2D eigenvalue weighted by Crippen LogP contribution is 2.41. The normalized spacial score (nSPS) is 15.0. The van der Waals surface area contributed by atoms with Crippen LogP contribution in [-0.2, 0) is 13.0 Å². The van der Waals surface area contributed by atoms with Gasteiger partial charge in [0.15, 0.2) is 23.0 Å². The van der Waals surface area contributed by atoms with E-state index in [0.717, 1.165) is 47.1 Å². The van der Waals surface area contributed by atoms with E-state index in [0.29, 0.717) is 19.8 Å². The lowest BCUT2D eigenvalue weighted by Gasteiger charge is -2.30. The van der Waals surface area contributed by atoms with E-state index < -0.39 is 0 Å². The van der Waals surface area contributed by atoms with Crippen LogP contribution in [0.15, 0.2) is 54.6 Å². The zero-order valence-electron chi connectivity index (χ0n) is 19.9. The molecule has 0 fully saturated rings. The molecule has 0 saturated carbocycles. The molecule has 5 heteroatoms. The van der Waals surface area contributed by atoms with Crippen LogP contribution in [0.25, 0.3) is 0 Å². The summed E-state index contributed by atoms with van der Waals surface area (Å²) in [4.78, 5) is 0. The van der Waals surface area contributed by atoms with Crippen LogP contribution in [0.1, 0.15) is 47.7 Å². The highest BCUT2D eigenvalue weighted by molar-refractivity contribution is 5.55. The minimum Gasteiger partial charge on any atom is -0.493 e. The van der Waals surface area contributed by atoms with Gasteiger partial charge in [-0.1, -0.05) is 30.3 Å². The van der Waals surface area contributed by atoms with Crippen LogP contribution in [0.2, 0.25) is 0 Å². The quantitative estimate of drug-likeness (QED) is 0.462. The second kappa shape index (κ2) is 10.6. The molecule has 0 radical (unpaired) electrons. The van der Waals surface area contributed by atoms with Gasteiger partial charge in [0.05, 0.1) is 26.4 Å². The van der Waals surface area contributed by atoms with E-state index in [2.05, 4.69) is 48.6 Å². The highest BCUT2D eigenvalue weighted by atomic mass is 16.5. The molecule has 5 nitrogen and oxygen atoms in total. The second-order valence-electron chi connectivity index (χ2n) is 8.13. The zero-order chi connectivity index (χ0) is 23.2. The van der Waals surface area contributed by atoms with Gasteiger partial charge in [-0.05, 0) is 79.3 Å². The zero-order valence-corrected chi connectivity index (χ0v) is 19.9. The molecule has 4 rings (SSSR count). The molecule has 3 aromatic carbocycles. The van der Waals surface area contributed by atoms with E-state index in [1.165, 1.54) is 16.7 Å². The fourth-order valence-corrected chi connectivity index (χ4v) is 4.37. The fraction of sp³-hybridized carbons (Fsp3) is 0.357. The molecular formula is C28H33NO4. The van der Waals surface area contributed by atoms with Crippen LogP contribution in [0.5, 0.6) is 23.0 Å². The molecule has 1 N–H and O–H groups in total. The van der Waals surface area contributed by atoms with Gasteiger partial charge in [0, 0.05) is 6.54 Å². The summed E-state index contributed by atoms with van der Waals surface area (Å²) in [5.41, 5.74) is 5.95. The minimum atomic E-state index is 0.0423. The number of ether oxygens (including phenoxy) is 4. The smallest absolute Gasteiger partial charge is 0.161 e. The molecule has 1 unspecified atom stereocenters. The van der Waals surface area contributed by atoms with Crippen molar-refractivity contribution in [2.75, 3.05) is 26.9 Å². The molecule has 1 aliphatic rings. The van der Waals surface area contributed by atoms with Gasteiger partial charge in [-0.15, -0.1) is 0 Å². The third-order valence-electron chi connectivity index (χ3n) is 5.96. The summed E-state index contributed by atoms with van der Waals surface area (Å²) >= 11 is 0. The van der Waals surface area contributed by atoms with Gasteiger partial charge in [-0.2, -0.15) is 0 Å². The number of rotatable bonds is 9. The molecular weight excluding hydrogens is 414 g/mol. The summed E-state index contributed by atoms with van der Waals surface area (Å²) in [5, 5.41) is 3.69. The van der Waals surface area contributed by atoms with Gasteiger partial charge in [-0.3, -0.25) is 0 Å². The summed E-state index contributed by atoms with van der Waals surface area (Å²) in [6.45, 7) is 8.71. The van der Waals surface area contributed by atoms with Gasteiger partial charge >= 0.3 is 0 Å². The summed E-state index contributed by atoms with van der Waals surface area (Å²) in [6.07, 6.45) is 0.951. The molecule has 0 saturated heterocycles.